The lowest BCUT2D eigenvalue weighted by atomic mass is 10.0. The number of nitrogens with zero attached hydrogens (tertiary/aromatic N) is 2. The average molecular weight is 333 g/mol. The predicted octanol–water partition coefficient (Wildman–Crippen LogP) is 1.81. The van der Waals surface area contributed by atoms with Gasteiger partial charge < -0.3 is 14.6 Å². The van der Waals surface area contributed by atoms with Gasteiger partial charge in [0, 0.05) is 19.2 Å². The molecule has 1 aromatic carbocycles. The van der Waals surface area contributed by atoms with Crippen LogP contribution >= 0.6 is 0 Å². The van der Waals surface area contributed by atoms with Gasteiger partial charge in [-0.05, 0) is 24.6 Å². The second-order valence-electron chi connectivity index (χ2n) is 5.75. The van der Waals surface area contributed by atoms with Gasteiger partial charge in [0.25, 0.3) is 0 Å². The van der Waals surface area contributed by atoms with Gasteiger partial charge in [0.15, 0.2) is 0 Å². The van der Waals surface area contributed by atoms with Crippen LogP contribution in [-0.4, -0.2) is 42.3 Å². The SMILES string of the molecule is Cc1cc(CNC(=O)[C@@H](c2cccc(F)c2)N2CCOCC2)no1. The minimum atomic E-state index is -0.558. The molecule has 6 nitrogen and oxygen atoms in total. The first-order valence-corrected chi connectivity index (χ1v) is 7.90. The lowest BCUT2D eigenvalue weighted by Gasteiger charge is -2.33. The first-order valence-electron chi connectivity index (χ1n) is 7.90. The Morgan fingerprint density at radius 1 is 1.38 bits per heavy atom. The molecule has 2 aromatic rings. The summed E-state index contributed by atoms with van der Waals surface area (Å²) in [5.74, 6) is 0.142. The van der Waals surface area contributed by atoms with Crippen LogP contribution in [0.3, 0.4) is 0 Å². The molecule has 1 saturated heterocycles. The summed E-state index contributed by atoms with van der Waals surface area (Å²) in [5.41, 5.74) is 1.28. The van der Waals surface area contributed by atoms with Gasteiger partial charge >= 0.3 is 0 Å². The summed E-state index contributed by atoms with van der Waals surface area (Å²) in [5, 5.41) is 6.72. The van der Waals surface area contributed by atoms with E-state index >= 15 is 0 Å². The van der Waals surface area contributed by atoms with Gasteiger partial charge in [0.05, 0.1) is 19.8 Å². The Morgan fingerprint density at radius 2 is 2.17 bits per heavy atom. The fourth-order valence-electron chi connectivity index (χ4n) is 2.82. The third-order valence-electron chi connectivity index (χ3n) is 3.94. The van der Waals surface area contributed by atoms with Crippen molar-refractivity contribution < 1.29 is 18.4 Å². The molecule has 7 heteroatoms. The van der Waals surface area contributed by atoms with Crippen molar-refractivity contribution in [3.05, 3.63) is 53.2 Å². The Kier molecular flexibility index (Phi) is 5.22. The van der Waals surface area contributed by atoms with Crippen LogP contribution < -0.4 is 5.32 Å². The minimum absolute atomic E-state index is 0.192. The number of hydrogen-bond donors (Lipinski definition) is 1. The topological polar surface area (TPSA) is 67.6 Å². The molecule has 1 N–H and O–H groups in total. The summed E-state index contributed by atoms with van der Waals surface area (Å²) in [4.78, 5) is 14.8. The van der Waals surface area contributed by atoms with E-state index in [0.29, 0.717) is 43.3 Å². The number of carbonyl (C=O) groups is 1. The van der Waals surface area contributed by atoms with Crippen molar-refractivity contribution >= 4 is 5.91 Å². The molecule has 0 spiro atoms. The number of halogens is 1. The summed E-state index contributed by atoms with van der Waals surface area (Å²) in [6.07, 6.45) is 0. The zero-order valence-electron chi connectivity index (χ0n) is 13.5. The van der Waals surface area contributed by atoms with E-state index < -0.39 is 6.04 Å². The number of benzene rings is 1. The number of rotatable bonds is 5. The summed E-state index contributed by atoms with van der Waals surface area (Å²) >= 11 is 0. The third-order valence-corrected chi connectivity index (χ3v) is 3.94. The number of carbonyl (C=O) groups excluding carboxylic acids is 1. The highest BCUT2D eigenvalue weighted by Gasteiger charge is 2.29. The van der Waals surface area contributed by atoms with E-state index in [2.05, 4.69) is 10.5 Å². The average Bonchev–Trinajstić information content (AvgIpc) is 3.00. The largest absolute Gasteiger partial charge is 0.379 e. The van der Waals surface area contributed by atoms with E-state index in [-0.39, 0.29) is 18.3 Å². The van der Waals surface area contributed by atoms with Crippen LogP contribution in [0.1, 0.15) is 23.1 Å². The predicted molar refractivity (Wildman–Crippen MR) is 84.6 cm³/mol. The van der Waals surface area contributed by atoms with E-state index in [1.807, 2.05) is 4.90 Å². The molecule has 1 fully saturated rings. The molecule has 0 bridgehead atoms. The molecule has 1 amide bonds. The van der Waals surface area contributed by atoms with Crippen molar-refractivity contribution in [3.63, 3.8) is 0 Å². The number of nitrogens with one attached hydrogen (secondary N) is 1. The summed E-state index contributed by atoms with van der Waals surface area (Å²) < 4.78 is 24.0. The molecule has 3 rings (SSSR count). The molecule has 1 atom stereocenters. The van der Waals surface area contributed by atoms with Crippen LogP contribution in [0.4, 0.5) is 4.39 Å². The van der Waals surface area contributed by atoms with Gasteiger partial charge in [-0.2, -0.15) is 0 Å². The summed E-state index contributed by atoms with van der Waals surface area (Å²) in [6.45, 7) is 4.42. The normalized spacial score (nSPS) is 16.8. The highest BCUT2D eigenvalue weighted by Crippen LogP contribution is 2.23. The molecule has 0 saturated carbocycles. The molecule has 0 aliphatic carbocycles. The first-order chi connectivity index (χ1) is 11.6. The van der Waals surface area contributed by atoms with Crippen molar-refractivity contribution in [1.29, 1.82) is 0 Å². The van der Waals surface area contributed by atoms with E-state index in [0.717, 1.165) is 0 Å². The maximum atomic E-state index is 13.6. The second kappa shape index (κ2) is 7.55. The van der Waals surface area contributed by atoms with Gasteiger partial charge in [-0.15, -0.1) is 0 Å². The van der Waals surface area contributed by atoms with Crippen LogP contribution in [-0.2, 0) is 16.1 Å². The van der Waals surface area contributed by atoms with E-state index in [4.69, 9.17) is 9.26 Å². The molecule has 0 unspecified atom stereocenters. The lowest BCUT2D eigenvalue weighted by molar-refractivity contribution is -0.128. The third kappa shape index (κ3) is 3.98. The number of morpholine rings is 1. The molecule has 128 valence electrons. The zero-order chi connectivity index (χ0) is 16.9. The Labute approximate surface area is 139 Å². The molecule has 24 heavy (non-hydrogen) atoms. The lowest BCUT2D eigenvalue weighted by Crippen LogP contribution is -2.45. The quantitative estimate of drug-likeness (QED) is 0.904. The number of aromatic nitrogens is 1. The van der Waals surface area contributed by atoms with E-state index in [1.54, 1.807) is 25.1 Å². The number of aryl methyl sites for hydroxylation is 1. The van der Waals surface area contributed by atoms with Crippen LogP contribution in [0.2, 0.25) is 0 Å². The van der Waals surface area contributed by atoms with Gasteiger partial charge in [0.2, 0.25) is 5.91 Å². The molecule has 1 aliphatic heterocycles. The van der Waals surface area contributed by atoms with Crippen LogP contribution in [0.15, 0.2) is 34.9 Å². The minimum Gasteiger partial charge on any atom is -0.379 e. The molecule has 0 radical (unpaired) electrons. The van der Waals surface area contributed by atoms with Crippen molar-refractivity contribution in [3.8, 4) is 0 Å². The standard InChI is InChI=1S/C17H20FN3O3/c1-12-9-15(20-24-12)11-19-17(22)16(21-5-7-23-8-6-21)13-3-2-4-14(18)10-13/h2-4,9-10,16H,5-8,11H2,1H3,(H,19,22)/t16-/m1/s1. The first kappa shape index (κ1) is 16.6. The van der Waals surface area contributed by atoms with Gasteiger partial charge in [-0.3, -0.25) is 9.69 Å². The highest BCUT2D eigenvalue weighted by molar-refractivity contribution is 5.83. The maximum absolute atomic E-state index is 13.6. The summed E-state index contributed by atoms with van der Waals surface area (Å²) in [6, 6.07) is 7.37. The Bertz CT molecular complexity index is 698. The van der Waals surface area contributed by atoms with Crippen LogP contribution in [0.25, 0.3) is 0 Å². The smallest absolute Gasteiger partial charge is 0.242 e. The van der Waals surface area contributed by atoms with Gasteiger partial charge in [-0.25, -0.2) is 4.39 Å². The fourth-order valence-corrected chi connectivity index (χ4v) is 2.82. The van der Waals surface area contributed by atoms with Crippen LogP contribution in [0, 0.1) is 12.7 Å². The molecular formula is C17H20FN3O3. The van der Waals surface area contributed by atoms with Crippen molar-refractivity contribution in [2.45, 2.75) is 19.5 Å². The summed E-state index contributed by atoms with van der Waals surface area (Å²) in [7, 11) is 0. The molecule has 2 heterocycles. The molecule has 1 aromatic heterocycles. The Morgan fingerprint density at radius 3 is 2.83 bits per heavy atom. The van der Waals surface area contributed by atoms with E-state index in [1.165, 1.54) is 12.1 Å². The highest BCUT2D eigenvalue weighted by atomic mass is 19.1. The van der Waals surface area contributed by atoms with Crippen molar-refractivity contribution in [2.24, 2.45) is 0 Å². The van der Waals surface area contributed by atoms with Crippen molar-refractivity contribution in [2.75, 3.05) is 26.3 Å². The maximum Gasteiger partial charge on any atom is 0.242 e. The van der Waals surface area contributed by atoms with Gasteiger partial charge in [-0.1, -0.05) is 17.3 Å². The monoisotopic (exact) mass is 333 g/mol. The van der Waals surface area contributed by atoms with Gasteiger partial charge in [0.1, 0.15) is 23.3 Å². The van der Waals surface area contributed by atoms with Crippen LogP contribution in [0.5, 0.6) is 0 Å². The number of hydrogen-bond acceptors (Lipinski definition) is 5. The van der Waals surface area contributed by atoms with E-state index in [9.17, 15) is 9.18 Å². The second-order valence-corrected chi connectivity index (χ2v) is 5.75. The number of amides is 1. The molecular weight excluding hydrogens is 313 g/mol. The zero-order valence-corrected chi connectivity index (χ0v) is 13.5. The fraction of sp³-hybridized carbons (Fsp3) is 0.412. The van der Waals surface area contributed by atoms with Crippen molar-refractivity contribution in [1.82, 2.24) is 15.4 Å². The Hall–Kier alpha value is -2.25. The Balaban J connectivity index is 1.76. The molecule has 1 aliphatic rings. The number of ether oxygens (including phenoxy) is 1.